The van der Waals surface area contributed by atoms with E-state index < -0.39 is 5.91 Å². The summed E-state index contributed by atoms with van der Waals surface area (Å²) in [7, 11) is 3.42. The minimum Gasteiger partial charge on any atom is -0.383 e. The molecule has 2 aromatic heterocycles. The molecule has 7 heteroatoms. The predicted octanol–water partition coefficient (Wildman–Crippen LogP) is 2.59. The lowest BCUT2D eigenvalue weighted by atomic mass is 10.1. The maximum absolute atomic E-state index is 12.3. The van der Waals surface area contributed by atoms with Crippen LogP contribution < -0.4 is 5.32 Å². The van der Waals surface area contributed by atoms with E-state index in [4.69, 9.17) is 4.74 Å². The lowest BCUT2D eigenvalue weighted by Gasteiger charge is -2.17. The molecular formula is C18H23N5O2. The molecule has 1 atom stereocenters. The van der Waals surface area contributed by atoms with Crippen LogP contribution in [0.2, 0.25) is 0 Å². The number of nitrogens with zero attached hydrogens (tertiary/aromatic N) is 4. The van der Waals surface area contributed by atoms with Crippen LogP contribution >= 0.6 is 0 Å². The smallest absolute Gasteiger partial charge is 0.267 e. The molecule has 132 valence electrons. The summed E-state index contributed by atoms with van der Waals surface area (Å²) in [6.07, 6.45) is 3.33. The van der Waals surface area contributed by atoms with Crippen molar-refractivity contribution in [3.63, 3.8) is 0 Å². The molecule has 2 rings (SSSR count). The monoisotopic (exact) mass is 341 g/mol. The van der Waals surface area contributed by atoms with Gasteiger partial charge >= 0.3 is 0 Å². The number of nitriles is 1. The molecule has 0 fully saturated rings. The third-order valence-corrected chi connectivity index (χ3v) is 3.99. The molecular weight excluding hydrogens is 318 g/mol. The minimum atomic E-state index is -0.476. The van der Waals surface area contributed by atoms with Crippen molar-refractivity contribution >= 4 is 17.8 Å². The highest BCUT2D eigenvalue weighted by atomic mass is 16.5. The van der Waals surface area contributed by atoms with E-state index in [1.807, 2.05) is 26.0 Å². The normalized spacial score (nSPS) is 12.7. The molecule has 1 amide bonds. The molecule has 2 heterocycles. The Hall–Kier alpha value is -2.85. The van der Waals surface area contributed by atoms with Crippen molar-refractivity contribution in [1.82, 2.24) is 14.3 Å². The van der Waals surface area contributed by atoms with E-state index >= 15 is 0 Å². The molecule has 1 N–H and O–H groups in total. The summed E-state index contributed by atoms with van der Waals surface area (Å²) >= 11 is 0. The van der Waals surface area contributed by atoms with Crippen molar-refractivity contribution in [2.45, 2.75) is 26.8 Å². The van der Waals surface area contributed by atoms with Gasteiger partial charge in [-0.2, -0.15) is 10.4 Å². The average molecular weight is 341 g/mol. The zero-order valence-electron chi connectivity index (χ0n) is 15.2. The van der Waals surface area contributed by atoms with Gasteiger partial charge < -0.3 is 14.6 Å². The number of carbonyl (C=O) groups excluding carboxylic acids is 1. The molecule has 0 aliphatic heterocycles. The van der Waals surface area contributed by atoms with Crippen molar-refractivity contribution in [1.29, 1.82) is 5.26 Å². The largest absolute Gasteiger partial charge is 0.383 e. The summed E-state index contributed by atoms with van der Waals surface area (Å²) in [5, 5.41) is 16.1. The van der Waals surface area contributed by atoms with Gasteiger partial charge in [-0.25, -0.2) is 0 Å². The Bertz CT molecular complexity index is 838. The molecule has 0 saturated heterocycles. The highest BCUT2D eigenvalue weighted by molar-refractivity contribution is 6.09. The van der Waals surface area contributed by atoms with E-state index in [2.05, 4.69) is 21.9 Å². The highest BCUT2D eigenvalue weighted by Gasteiger charge is 2.16. The Labute approximate surface area is 147 Å². The van der Waals surface area contributed by atoms with E-state index in [-0.39, 0.29) is 11.6 Å². The van der Waals surface area contributed by atoms with Crippen LogP contribution in [0.3, 0.4) is 0 Å². The van der Waals surface area contributed by atoms with E-state index in [0.29, 0.717) is 12.4 Å². The minimum absolute atomic E-state index is 0.0327. The summed E-state index contributed by atoms with van der Waals surface area (Å²) < 4.78 is 8.94. The molecule has 0 saturated carbocycles. The molecule has 0 spiro atoms. The second-order valence-electron chi connectivity index (χ2n) is 6.00. The topological polar surface area (TPSA) is 84.9 Å². The number of hydrogen-bond acceptors (Lipinski definition) is 4. The van der Waals surface area contributed by atoms with Crippen LogP contribution in [0.15, 0.2) is 23.9 Å². The number of hydrogen-bond donors (Lipinski definition) is 1. The molecule has 1 unspecified atom stereocenters. The van der Waals surface area contributed by atoms with Gasteiger partial charge in [0.25, 0.3) is 5.91 Å². The molecule has 0 bridgehead atoms. The van der Waals surface area contributed by atoms with Gasteiger partial charge in [-0.3, -0.25) is 9.48 Å². The van der Waals surface area contributed by atoms with E-state index in [9.17, 15) is 10.1 Å². The van der Waals surface area contributed by atoms with Gasteiger partial charge in [-0.1, -0.05) is 0 Å². The number of methoxy groups -OCH3 is 1. The van der Waals surface area contributed by atoms with Crippen LogP contribution in [0.1, 0.15) is 29.9 Å². The molecule has 0 radical (unpaired) electrons. The van der Waals surface area contributed by atoms with E-state index in [1.165, 1.54) is 0 Å². The second-order valence-corrected chi connectivity index (χ2v) is 6.00. The Morgan fingerprint density at radius 3 is 2.80 bits per heavy atom. The molecule has 7 nitrogen and oxygen atoms in total. The number of rotatable bonds is 6. The molecule has 0 aliphatic rings. The van der Waals surface area contributed by atoms with Crippen LogP contribution in [-0.4, -0.2) is 34.0 Å². The Morgan fingerprint density at radius 2 is 2.24 bits per heavy atom. The first-order chi connectivity index (χ1) is 11.9. The summed E-state index contributed by atoms with van der Waals surface area (Å²) in [6.45, 7) is 6.62. The molecule has 0 aliphatic carbocycles. The fourth-order valence-electron chi connectivity index (χ4n) is 2.91. The van der Waals surface area contributed by atoms with Crippen LogP contribution in [0, 0.1) is 25.2 Å². The Balaban J connectivity index is 2.29. The van der Waals surface area contributed by atoms with E-state index in [1.54, 1.807) is 37.2 Å². The lowest BCUT2D eigenvalue weighted by molar-refractivity contribution is -0.112. The molecule has 0 aromatic carbocycles. The second kappa shape index (κ2) is 7.81. The summed E-state index contributed by atoms with van der Waals surface area (Å²) in [6, 6.07) is 5.77. The lowest BCUT2D eigenvalue weighted by Crippen LogP contribution is -2.14. The predicted molar refractivity (Wildman–Crippen MR) is 95.9 cm³/mol. The van der Waals surface area contributed by atoms with Gasteiger partial charge in [0.15, 0.2) is 5.82 Å². The standard InChI is InChI=1S/C18H23N5O2/c1-12-8-15(14(3)23(12)13(2)11-25-5)9-16(10-19)18(24)20-17-6-7-22(4)21-17/h6-9,13H,11H2,1-5H3,(H,20,21,24)/b16-9+. The third kappa shape index (κ3) is 4.17. The van der Waals surface area contributed by atoms with Gasteiger partial charge in [0.1, 0.15) is 11.6 Å². The fourth-order valence-corrected chi connectivity index (χ4v) is 2.91. The zero-order valence-corrected chi connectivity index (χ0v) is 15.2. The number of amides is 1. The van der Waals surface area contributed by atoms with Crippen molar-refractivity contribution < 1.29 is 9.53 Å². The number of anilines is 1. The number of aryl methyl sites for hydroxylation is 2. The molecule has 2 aromatic rings. The van der Waals surface area contributed by atoms with Crippen molar-refractivity contribution in [3.05, 3.63) is 40.9 Å². The van der Waals surface area contributed by atoms with Crippen LogP contribution in [0.4, 0.5) is 5.82 Å². The van der Waals surface area contributed by atoms with Crippen molar-refractivity contribution in [2.24, 2.45) is 7.05 Å². The summed E-state index contributed by atoms with van der Waals surface area (Å²) in [5.41, 5.74) is 2.91. The first-order valence-electron chi connectivity index (χ1n) is 7.97. The number of carbonyl (C=O) groups is 1. The summed E-state index contributed by atoms with van der Waals surface area (Å²) in [5.74, 6) is -0.0659. The van der Waals surface area contributed by atoms with Gasteiger partial charge in [0.05, 0.1) is 12.6 Å². The Morgan fingerprint density at radius 1 is 1.52 bits per heavy atom. The molecule has 25 heavy (non-hydrogen) atoms. The SMILES string of the molecule is COCC(C)n1c(C)cc(/C=C(\C#N)C(=O)Nc2ccn(C)n2)c1C. The van der Waals surface area contributed by atoms with E-state index in [0.717, 1.165) is 17.0 Å². The Kier molecular flexibility index (Phi) is 5.78. The van der Waals surface area contributed by atoms with Crippen LogP contribution in [0.25, 0.3) is 6.08 Å². The fraction of sp³-hybridized carbons (Fsp3) is 0.389. The summed E-state index contributed by atoms with van der Waals surface area (Å²) in [4.78, 5) is 12.3. The first-order valence-corrected chi connectivity index (χ1v) is 7.97. The van der Waals surface area contributed by atoms with Crippen molar-refractivity contribution in [2.75, 3.05) is 19.0 Å². The quantitative estimate of drug-likeness (QED) is 0.646. The van der Waals surface area contributed by atoms with Gasteiger partial charge in [0.2, 0.25) is 0 Å². The van der Waals surface area contributed by atoms with Crippen molar-refractivity contribution in [3.8, 4) is 6.07 Å². The third-order valence-electron chi connectivity index (χ3n) is 3.99. The maximum Gasteiger partial charge on any atom is 0.267 e. The van der Waals surface area contributed by atoms with Crippen LogP contribution in [-0.2, 0) is 16.6 Å². The van der Waals surface area contributed by atoms with Gasteiger partial charge in [0, 0.05) is 37.8 Å². The number of aromatic nitrogens is 3. The number of ether oxygens (including phenoxy) is 1. The van der Waals surface area contributed by atoms with Crippen LogP contribution in [0.5, 0.6) is 0 Å². The highest BCUT2D eigenvalue weighted by Crippen LogP contribution is 2.23. The van der Waals surface area contributed by atoms with Gasteiger partial charge in [-0.15, -0.1) is 0 Å². The number of nitrogens with one attached hydrogen (secondary N) is 1. The average Bonchev–Trinajstić information content (AvgIpc) is 3.08. The zero-order chi connectivity index (χ0) is 18.6. The first kappa shape index (κ1) is 18.5. The van der Waals surface area contributed by atoms with Gasteiger partial charge in [-0.05, 0) is 38.5 Å². The maximum atomic E-state index is 12.3.